The number of nitrogens with one attached hydrogen (secondary N) is 2. The Hall–Kier alpha value is -2.14. The maximum atomic E-state index is 12.2. The summed E-state index contributed by atoms with van der Waals surface area (Å²) in [5.74, 6) is 5.09. The first-order valence-electron chi connectivity index (χ1n) is 5.68. The molecule has 8 heteroatoms. The summed E-state index contributed by atoms with van der Waals surface area (Å²) in [6.07, 6.45) is 0. The van der Waals surface area contributed by atoms with Crippen molar-refractivity contribution in [2.75, 3.05) is 10.7 Å². The summed E-state index contributed by atoms with van der Waals surface area (Å²) in [5, 5.41) is 11.8. The van der Waals surface area contributed by atoms with E-state index in [1.54, 1.807) is 18.2 Å². The van der Waals surface area contributed by atoms with E-state index in [4.69, 9.17) is 22.7 Å². The van der Waals surface area contributed by atoms with Crippen molar-refractivity contribution in [3.8, 4) is 6.07 Å². The zero-order chi connectivity index (χ0) is 15.4. The fourth-order valence-electron chi connectivity index (χ4n) is 1.61. The highest BCUT2D eigenvalue weighted by atomic mass is 79.9. The van der Waals surface area contributed by atoms with Crippen LogP contribution in [-0.2, 0) is 0 Å². The first-order valence-corrected chi connectivity index (χ1v) is 6.86. The minimum atomic E-state index is -0.426. The smallest absolute Gasteiger partial charge is 0.255 e. The third-order valence-electron chi connectivity index (χ3n) is 2.55. The van der Waals surface area contributed by atoms with Gasteiger partial charge in [0.05, 0.1) is 11.3 Å². The summed E-state index contributed by atoms with van der Waals surface area (Å²) in [4.78, 5) is 16.1. The van der Waals surface area contributed by atoms with Gasteiger partial charge in [-0.1, -0.05) is 27.5 Å². The molecule has 0 atom stereocenters. The molecule has 1 aromatic heterocycles. The zero-order valence-electron chi connectivity index (χ0n) is 10.5. The molecule has 0 saturated heterocycles. The Bertz CT molecular complexity index is 744. The molecule has 1 aromatic carbocycles. The fourth-order valence-corrected chi connectivity index (χ4v) is 2.18. The predicted octanol–water partition coefficient (Wildman–Crippen LogP) is 2.91. The summed E-state index contributed by atoms with van der Waals surface area (Å²) in [6, 6.07) is 9.82. The molecular weight excluding hydrogens is 358 g/mol. The number of hydrogen-bond donors (Lipinski definition) is 3. The molecular formula is C13H9BrClN5O. The lowest BCUT2D eigenvalue weighted by Gasteiger charge is -2.09. The van der Waals surface area contributed by atoms with Gasteiger partial charge < -0.3 is 10.7 Å². The van der Waals surface area contributed by atoms with Crippen molar-refractivity contribution in [1.82, 2.24) is 4.98 Å². The Morgan fingerprint density at radius 1 is 1.38 bits per heavy atom. The van der Waals surface area contributed by atoms with Crippen LogP contribution in [-0.4, -0.2) is 10.9 Å². The fraction of sp³-hybridized carbons (Fsp3) is 0. The number of carbonyl (C=O) groups excluding carboxylic acids is 1. The van der Waals surface area contributed by atoms with Crippen LogP contribution in [0.3, 0.4) is 0 Å². The van der Waals surface area contributed by atoms with Crippen LogP contribution in [0.25, 0.3) is 0 Å². The molecule has 0 spiro atoms. The lowest BCUT2D eigenvalue weighted by atomic mass is 10.1. The number of halogens is 2. The van der Waals surface area contributed by atoms with Crippen molar-refractivity contribution in [2.24, 2.45) is 5.84 Å². The number of anilines is 2. The molecule has 2 aromatic rings. The number of rotatable bonds is 3. The second kappa shape index (κ2) is 6.54. The summed E-state index contributed by atoms with van der Waals surface area (Å²) in [7, 11) is 0. The number of hydrogen-bond acceptors (Lipinski definition) is 5. The van der Waals surface area contributed by atoms with Crippen LogP contribution in [0.5, 0.6) is 0 Å². The van der Waals surface area contributed by atoms with Crippen LogP contribution in [0.4, 0.5) is 11.5 Å². The van der Waals surface area contributed by atoms with E-state index in [2.05, 4.69) is 31.7 Å². The molecule has 1 heterocycles. The molecule has 6 nitrogen and oxygen atoms in total. The number of pyridine rings is 1. The molecule has 0 aliphatic carbocycles. The third-order valence-corrected chi connectivity index (χ3v) is 3.24. The minimum Gasteiger partial charge on any atom is -0.321 e. The monoisotopic (exact) mass is 365 g/mol. The summed E-state index contributed by atoms with van der Waals surface area (Å²) in [5.41, 5.74) is 3.34. The Kier molecular flexibility index (Phi) is 4.75. The maximum Gasteiger partial charge on any atom is 0.255 e. The average Bonchev–Trinajstić information content (AvgIpc) is 2.46. The van der Waals surface area contributed by atoms with Gasteiger partial charge in [0, 0.05) is 10.0 Å². The van der Waals surface area contributed by atoms with Gasteiger partial charge in [-0.2, -0.15) is 5.26 Å². The number of nitrogen functional groups attached to an aromatic ring is 1. The van der Waals surface area contributed by atoms with Gasteiger partial charge in [-0.15, -0.1) is 0 Å². The number of nitriles is 1. The molecule has 2 rings (SSSR count). The molecule has 0 fully saturated rings. The van der Waals surface area contributed by atoms with Crippen molar-refractivity contribution in [2.45, 2.75) is 0 Å². The van der Waals surface area contributed by atoms with Crippen molar-refractivity contribution >= 4 is 44.9 Å². The van der Waals surface area contributed by atoms with Crippen LogP contribution in [0.1, 0.15) is 15.9 Å². The van der Waals surface area contributed by atoms with Gasteiger partial charge >= 0.3 is 0 Å². The van der Waals surface area contributed by atoms with E-state index in [9.17, 15) is 4.79 Å². The Balaban J connectivity index is 2.32. The number of benzene rings is 1. The first-order chi connectivity index (χ1) is 10.0. The number of amides is 1. The molecule has 106 valence electrons. The minimum absolute atomic E-state index is 0.130. The molecule has 0 aliphatic rings. The summed E-state index contributed by atoms with van der Waals surface area (Å²) in [6.45, 7) is 0. The van der Waals surface area contributed by atoms with E-state index < -0.39 is 5.91 Å². The molecule has 0 unspecified atom stereocenters. The van der Waals surface area contributed by atoms with E-state index >= 15 is 0 Å². The SMILES string of the molecule is N#Cc1ccc(Br)cc1NC(=O)c1cc(Cl)nc(NN)c1. The van der Waals surface area contributed by atoms with Crippen LogP contribution in [0.2, 0.25) is 5.15 Å². The normalized spacial score (nSPS) is 9.81. The van der Waals surface area contributed by atoms with Gasteiger partial charge in [0.25, 0.3) is 5.91 Å². The molecule has 1 amide bonds. The third kappa shape index (κ3) is 3.70. The quantitative estimate of drug-likeness (QED) is 0.440. The van der Waals surface area contributed by atoms with E-state index in [0.717, 1.165) is 4.47 Å². The van der Waals surface area contributed by atoms with E-state index in [-0.39, 0.29) is 16.5 Å². The molecule has 0 aliphatic heterocycles. The second-order valence-corrected chi connectivity index (χ2v) is 5.27. The van der Waals surface area contributed by atoms with Gasteiger partial charge in [-0.3, -0.25) is 4.79 Å². The van der Waals surface area contributed by atoms with E-state index in [1.165, 1.54) is 12.1 Å². The largest absolute Gasteiger partial charge is 0.321 e. The van der Waals surface area contributed by atoms with Crippen LogP contribution < -0.4 is 16.6 Å². The van der Waals surface area contributed by atoms with Crippen LogP contribution >= 0.6 is 27.5 Å². The van der Waals surface area contributed by atoms with E-state index in [1.807, 2.05) is 6.07 Å². The van der Waals surface area contributed by atoms with Gasteiger partial charge in [-0.25, -0.2) is 10.8 Å². The molecule has 21 heavy (non-hydrogen) atoms. The lowest BCUT2D eigenvalue weighted by molar-refractivity contribution is 0.102. The molecule has 4 N–H and O–H groups in total. The highest BCUT2D eigenvalue weighted by Crippen LogP contribution is 2.22. The van der Waals surface area contributed by atoms with Crippen LogP contribution in [0.15, 0.2) is 34.8 Å². The number of nitrogens with two attached hydrogens (primary N) is 1. The number of nitrogens with zero attached hydrogens (tertiary/aromatic N) is 2. The predicted molar refractivity (Wildman–Crippen MR) is 83.9 cm³/mol. The van der Waals surface area contributed by atoms with Crippen molar-refractivity contribution in [3.05, 3.63) is 51.1 Å². The topological polar surface area (TPSA) is 104 Å². The number of aromatic nitrogens is 1. The molecule has 0 bridgehead atoms. The second-order valence-electron chi connectivity index (χ2n) is 3.96. The summed E-state index contributed by atoms with van der Waals surface area (Å²) < 4.78 is 0.744. The van der Waals surface area contributed by atoms with Crippen molar-refractivity contribution < 1.29 is 4.79 Å². The molecule has 0 radical (unpaired) electrons. The average molecular weight is 367 g/mol. The number of carbonyl (C=O) groups is 1. The van der Waals surface area contributed by atoms with Gasteiger partial charge in [0.2, 0.25) is 0 Å². The number of hydrazine groups is 1. The first kappa shape index (κ1) is 15.3. The standard InChI is InChI=1S/C13H9BrClN5O/c14-9-2-1-7(6-16)10(5-9)18-13(21)8-3-11(15)19-12(4-8)20-17/h1-5H,17H2,(H,18,21)(H,19,20). The Labute approximate surface area is 134 Å². The maximum absolute atomic E-state index is 12.2. The lowest BCUT2D eigenvalue weighted by Crippen LogP contribution is -2.15. The summed E-state index contributed by atoms with van der Waals surface area (Å²) >= 11 is 9.10. The Morgan fingerprint density at radius 2 is 2.14 bits per heavy atom. The zero-order valence-corrected chi connectivity index (χ0v) is 12.9. The van der Waals surface area contributed by atoms with Crippen molar-refractivity contribution in [3.63, 3.8) is 0 Å². The van der Waals surface area contributed by atoms with Gasteiger partial charge in [0.15, 0.2) is 0 Å². The van der Waals surface area contributed by atoms with Gasteiger partial charge in [0.1, 0.15) is 17.0 Å². The highest BCUT2D eigenvalue weighted by Gasteiger charge is 2.12. The Morgan fingerprint density at radius 3 is 2.81 bits per heavy atom. The van der Waals surface area contributed by atoms with Gasteiger partial charge in [-0.05, 0) is 30.3 Å². The van der Waals surface area contributed by atoms with E-state index in [0.29, 0.717) is 11.3 Å². The highest BCUT2D eigenvalue weighted by molar-refractivity contribution is 9.10. The molecule has 0 saturated carbocycles. The van der Waals surface area contributed by atoms with Crippen LogP contribution in [0, 0.1) is 11.3 Å². The van der Waals surface area contributed by atoms with Crippen molar-refractivity contribution in [1.29, 1.82) is 5.26 Å².